The molecular formula is C15H12N7O5+. The summed E-state index contributed by atoms with van der Waals surface area (Å²) in [4.78, 5) is 52.7. The lowest BCUT2D eigenvalue weighted by Gasteiger charge is -2.33. The Bertz CT molecular complexity index is 1010. The molecule has 0 N–H and O–H groups in total. The minimum Gasteiger partial charge on any atom is -0.258 e. The van der Waals surface area contributed by atoms with E-state index in [0.29, 0.717) is 0 Å². The molecule has 4 amide bonds. The Labute approximate surface area is 151 Å². The summed E-state index contributed by atoms with van der Waals surface area (Å²) in [5, 5.41) is 14.8. The van der Waals surface area contributed by atoms with Crippen molar-refractivity contribution in [2.24, 2.45) is 11.0 Å². The minimum atomic E-state index is -1.48. The molecule has 0 saturated heterocycles. The molecule has 12 heteroatoms. The van der Waals surface area contributed by atoms with Gasteiger partial charge in [0.1, 0.15) is 11.4 Å². The molecule has 136 valence electrons. The Morgan fingerprint density at radius 3 is 2.44 bits per heavy atom. The van der Waals surface area contributed by atoms with E-state index in [1.165, 1.54) is 26.2 Å². The van der Waals surface area contributed by atoms with Gasteiger partial charge in [-0.25, -0.2) is 14.2 Å². The summed E-state index contributed by atoms with van der Waals surface area (Å²) in [6.45, 7) is 0. The molecule has 2 heterocycles. The summed E-state index contributed by atoms with van der Waals surface area (Å²) in [6.07, 6.45) is 0. The van der Waals surface area contributed by atoms with Gasteiger partial charge in [-0.1, -0.05) is 23.3 Å². The Morgan fingerprint density at radius 1 is 1.26 bits per heavy atom. The smallest absolute Gasteiger partial charge is 0.258 e. The van der Waals surface area contributed by atoms with Crippen LogP contribution in [0.3, 0.4) is 0 Å². The second-order valence-electron chi connectivity index (χ2n) is 5.69. The molecule has 0 radical (unpaired) electrons. The van der Waals surface area contributed by atoms with Gasteiger partial charge in [0.2, 0.25) is 5.84 Å². The van der Waals surface area contributed by atoms with Crippen LogP contribution >= 0.6 is 0 Å². The van der Waals surface area contributed by atoms with Gasteiger partial charge in [-0.15, -0.1) is 0 Å². The summed E-state index contributed by atoms with van der Waals surface area (Å²) in [5.41, 5.74) is 7.36. The average Bonchev–Trinajstić information content (AvgIpc) is 2.65. The number of benzene rings is 1. The van der Waals surface area contributed by atoms with Crippen LogP contribution in [0.4, 0.5) is 10.5 Å². The van der Waals surface area contributed by atoms with Gasteiger partial charge in [0, 0.05) is 4.91 Å². The maximum absolute atomic E-state index is 12.9. The van der Waals surface area contributed by atoms with Crippen molar-refractivity contribution in [3.63, 3.8) is 0 Å². The summed E-state index contributed by atoms with van der Waals surface area (Å²) < 4.78 is 1.03. The number of imide groups is 1. The number of nitro groups is 1. The van der Waals surface area contributed by atoms with E-state index in [4.69, 9.17) is 5.53 Å². The maximum atomic E-state index is 12.9. The molecule has 0 saturated carbocycles. The average molecular weight is 370 g/mol. The third kappa shape index (κ3) is 2.51. The Kier molecular flexibility index (Phi) is 4.18. The minimum absolute atomic E-state index is 0.132. The first-order valence-corrected chi connectivity index (χ1v) is 7.56. The zero-order valence-electron chi connectivity index (χ0n) is 14.1. The number of carbonyl (C=O) groups is 3. The fraction of sp³-hybridized carbons (Fsp3) is 0.200. The van der Waals surface area contributed by atoms with Crippen molar-refractivity contribution < 1.29 is 23.9 Å². The lowest BCUT2D eigenvalue weighted by molar-refractivity contribution is -0.423. The number of nitrogens with zero attached hydrogens (tertiary/aromatic N) is 7. The van der Waals surface area contributed by atoms with Gasteiger partial charge in [0.15, 0.2) is 5.92 Å². The number of rotatable bonds is 3. The second kappa shape index (κ2) is 6.35. The first kappa shape index (κ1) is 17.8. The zero-order chi connectivity index (χ0) is 19.9. The third-order valence-electron chi connectivity index (χ3n) is 4.25. The molecule has 1 aromatic rings. The number of amides is 4. The molecule has 27 heavy (non-hydrogen) atoms. The number of fused-ring (bicyclic) bond motifs is 1. The van der Waals surface area contributed by atoms with Crippen LogP contribution in [0.1, 0.15) is 0 Å². The van der Waals surface area contributed by atoms with Crippen LogP contribution < -0.4 is 4.90 Å². The molecular weight excluding hydrogens is 358 g/mol. The Morgan fingerprint density at radius 2 is 1.89 bits per heavy atom. The van der Waals surface area contributed by atoms with Crippen LogP contribution in [0.2, 0.25) is 0 Å². The number of amidine groups is 1. The highest BCUT2D eigenvalue weighted by Crippen LogP contribution is 2.34. The molecule has 1 unspecified atom stereocenters. The quantitative estimate of drug-likeness (QED) is 0.195. The molecule has 3 rings (SSSR count). The van der Waals surface area contributed by atoms with Crippen LogP contribution in [0.5, 0.6) is 0 Å². The standard InChI is InChI=1S/C15H12N7O5/c1-19-12-9(13(23)20(2)15(19)25)10(17-18-16)11(22(26)27)14(24)21(12)8-6-4-3-5-7-8/h3-7,9H,1-2H3/q+1. The van der Waals surface area contributed by atoms with Crippen molar-refractivity contribution in [1.29, 1.82) is 0 Å². The van der Waals surface area contributed by atoms with Crippen LogP contribution in [0.25, 0.3) is 10.4 Å². The molecule has 0 bridgehead atoms. The van der Waals surface area contributed by atoms with Crippen molar-refractivity contribution in [2.45, 2.75) is 0 Å². The van der Waals surface area contributed by atoms with Crippen LogP contribution in [0, 0.1) is 16.0 Å². The zero-order valence-corrected chi connectivity index (χ0v) is 14.1. The number of urea groups is 1. The molecule has 0 fully saturated rings. The Balaban J connectivity index is 2.43. The highest BCUT2D eigenvalue weighted by molar-refractivity contribution is 6.30. The van der Waals surface area contributed by atoms with Crippen LogP contribution in [-0.2, 0) is 9.59 Å². The van der Waals surface area contributed by atoms with Crippen molar-refractivity contribution in [1.82, 2.24) is 4.90 Å². The fourth-order valence-electron chi connectivity index (χ4n) is 3.04. The van der Waals surface area contributed by atoms with E-state index in [9.17, 15) is 24.5 Å². The van der Waals surface area contributed by atoms with Crippen molar-refractivity contribution in [3.05, 3.63) is 62.3 Å². The van der Waals surface area contributed by atoms with E-state index in [-0.39, 0.29) is 11.5 Å². The number of hydrogen-bond acceptors (Lipinski definition) is 6. The summed E-state index contributed by atoms with van der Waals surface area (Å²) >= 11 is 0. The summed E-state index contributed by atoms with van der Waals surface area (Å²) in [6, 6.07) is 7.12. The first-order valence-electron chi connectivity index (χ1n) is 7.56. The van der Waals surface area contributed by atoms with E-state index in [0.717, 1.165) is 14.4 Å². The number of anilines is 1. The van der Waals surface area contributed by atoms with Gasteiger partial charge < -0.3 is 0 Å². The molecule has 1 atom stereocenters. The van der Waals surface area contributed by atoms with E-state index in [1.807, 2.05) is 0 Å². The van der Waals surface area contributed by atoms with E-state index < -0.39 is 40.1 Å². The Hall–Kier alpha value is -4.05. The largest absolute Gasteiger partial charge is 0.445 e. The number of hydrogen-bond donors (Lipinski definition) is 0. The van der Waals surface area contributed by atoms with E-state index >= 15 is 0 Å². The van der Waals surface area contributed by atoms with E-state index in [1.54, 1.807) is 18.2 Å². The van der Waals surface area contributed by atoms with Gasteiger partial charge in [-0.2, -0.15) is 9.80 Å². The van der Waals surface area contributed by atoms with Crippen LogP contribution in [0.15, 0.2) is 46.8 Å². The van der Waals surface area contributed by atoms with Crippen LogP contribution in [-0.4, -0.2) is 52.2 Å². The van der Waals surface area contributed by atoms with E-state index in [2.05, 4.69) is 10.0 Å². The molecule has 2 aliphatic rings. The fourth-order valence-corrected chi connectivity index (χ4v) is 3.04. The van der Waals surface area contributed by atoms with Crippen molar-refractivity contribution in [2.75, 3.05) is 19.0 Å². The SMILES string of the molecule is CN1C(=O)C2C(N=[N+]=[N-])=C([N+](=O)[O-])C(=O)N(c3ccccc3)C2=[N+](C)C1=O. The van der Waals surface area contributed by atoms with Gasteiger partial charge in [0.05, 0.1) is 19.0 Å². The number of para-hydroxylation sites is 1. The first-order chi connectivity index (χ1) is 12.8. The monoisotopic (exact) mass is 370 g/mol. The molecule has 12 nitrogen and oxygen atoms in total. The molecule has 0 aromatic heterocycles. The predicted molar refractivity (Wildman–Crippen MR) is 89.9 cm³/mol. The summed E-state index contributed by atoms with van der Waals surface area (Å²) in [7, 11) is 2.52. The van der Waals surface area contributed by atoms with Gasteiger partial charge in [-0.05, 0) is 17.7 Å². The highest BCUT2D eigenvalue weighted by atomic mass is 16.6. The van der Waals surface area contributed by atoms with Gasteiger partial charge in [-0.3, -0.25) is 14.9 Å². The number of azide groups is 1. The topological polar surface area (TPSA) is 153 Å². The molecule has 0 spiro atoms. The lowest BCUT2D eigenvalue weighted by Crippen LogP contribution is -2.62. The molecule has 1 aromatic carbocycles. The predicted octanol–water partition coefficient (Wildman–Crippen LogP) is 1.08. The molecule has 2 aliphatic heterocycles. The summed E-state index contributed by atoms with van der Waals surface area (Å²) in [5.74, 6) is -3.57. The molecule has 0 aliphatic carbocycles. The highest BCUT2D eigenvalue weighted by Gasteiger charge is 2.58. The van der Waals surface area contributed by atoms with Gasteiger partial charge >= 0.3 is 23.5 Å². The number of carbonyl (C=O) groups excluding carboxylic acids is 3. The van der Waals surface area contributed by atoms with Crippen molar-refractivity contribution >= 4 is 29.4 Å². The maximum Gasteiger partial charge on any atom is 0.445 e. The van der Waals surface area contributed by atoms with Gasteiger partial charge in [0.25, 0.3) is 0 Å². The normalized spacial score (nSPS) is 19.9. The lowest BCUT2D eigenvalue weighted by atomic mass is 9.93. The second-order valence-corrected chi connectivity index (χ2v) is 5.69. The third-order valence-corrected chi connectivity index (χ3v) is 4.25. The van der Waals surface area contributed by atoms with Crippen molar-refractivity contribution in [3.8, 4) is 0 Å².